The molecule has 2 aromatic carbocycles. The van der Waals surface area contributed by atoms with Crippen LogP contribution in [0, 0.1) is 0 Å². The minimum Gasteiger partial charge on any atom is -0.234 e. The summed E-state index contributed by atoms with van der Waals surface area (Å²) in [4.78, 5) is 0. The van der Waals surface area contributed by atoms with Crippen LogP contribution >= 0.6 is 40.9 Å². The number of halogens is 2. The smallest absolute Gasteiger partial charge is 0.0903 e. The van der Waals surface area contributed by atoms with Gasteiger partial charge in [0.15, 0.2) is 0 Å². The van der Waals surface area contributed by atoms with E-state index in [-0.39, 0.29) is 0 Å². The zero-order valence-corrected chi connectivity index (χ0v) is 12.4. The molecule has 80 valence electrons. The second kappa shape index (κ2) is 5.22. The van der Waals surface area contributed by atoms with Crippen LogP contribution in [0.25, 0.3) is 11.1 Å². The molecule has 0 aliphatic rings. The molecule has 1 nitrogen and oxygen atoms in total. The molecular weight excluding hydrogens is 349 g/mol. The fourth-order valence-corrected chi connectivity index (χ4v) is 2.89. The quantitative estimate of drug-likeness (QED) is 0.599. The molecule has 0 atom stereocenters. The second-order valence-corrected chi connectivity index (χ2v) is 5.16. The summed E-state index contributed by atoms with van der Waals surface area (Å²) < 4.78 is 6.13. The van der Waals surface area contributed by atoms with E-state index in [1.165, 1.54) is 0 Å². The molecule has 0 heterocycles. The third-order valence-corrected chi connectivity index (χ3v) is 3.78. The standard InChI is InChI=1S/C12H8Br2NP/c13-9-6-7-10(14)12(15-16)11(9)8-4-2-1-3-5-8/h1-7,16H. The zero-order valence-electron chi connectivity index (χ0n) is 8.24. The van der Waals surface area contributed by atoms with E-state index in [0.29, 0.717) is 0 Å². The van der Waals surface area contributed by atoms with Gasteiger partial charge in [-0.15, -0.1) is 0 Å². The van der Waals surface area contributed by atoms with Crippen LogP contribution in [0.2, 0.25) is 0 Å². The summed E-state index contributed by atoms with van der Waals surface area (Å²) in [7, 11) is 3.22. The molecule has 0 spiro atoms. The van der Waals surface area contributed by atoms with E-state index in [1.54, 1.807) is 0 Å². The van der Waals surface area contributed by atoms with Gasteiger partial charge in [0.05, 0.1) is 5.69 Å². The minimum atomic E-state index is 0.886. The number of hydrogen-bond donors (Lipinski definition) is 0. The Bertz CT molecular complexity index is 526. The van der Waals surface area contributed by atoms with Crippen molar-refractivity contribution in [2.24, 2.45) is 4.74 Å². The van der Waals surface area contributed by atoms with Crippen LogP contribution in [0.4, 0.5) is 5.69 Å². The Balaban J connectivity index is 2.73. The molecule has 0 amide bonds. The average molecular weight is 357 g/mol. The van der Waals surface area contributed by atoms with Gasteiger partial charge in [-0.05, 0) is 42.7 Å². The largest absolute Gasteiger partial charge is 0.234 e. The van der Waals surface area contributed by atoms with Crippen LogP contribution in [0.3, 0.4) is 0 Å². The molecule has 2 aromatic rings. The second-order valence-electron chi connectivity index (χ2n) is 3.23. The Hall–Kier alpha value is -0.500. The molecule has 0 saturated heterocycles. The molecule has 0 radical (unpaired) electrons. The van der Waals surface area contributed by atoms with Crippen LogP contribution in [-0.4, -0.2) is 0 Å². The lowest BCUT2D eigenvalue weighted by atomic mass is 10.0. The summed E-state index contributed by atoms with van der Waals surface area (Å²) in [6.07, 6.45) is 0. The van der Waals surface area contributed by atoms with Gasteiger partial charge < -0.3 is 0 Å². The van der Waals surface area contributed by atoms with E-state index in [0.717, 1.165) is 25.8 Å². The maximum atomic E-state index is 4.14. The van der Waals surface area contributed by atoms with Gasteiger partial charge in [0.25, 0.3) is 0 Å². The van der Waals surface area contributed by atoms with Crippen LogP contribution in [0.15, 0.2) is 56.2 Å². The molecule has 2 rings (SSSR count). The Morgan fingerprint density at radius 2 is 1.50 bits per heavy atom. The highest BCUT2D eigenvalue weighted by molar-refractivity contribution is 9.11. The van der Waals surface area contributed by atoms with E-state index in [1.807, 2.05) is 30.3 Å². The predicted molar refractivity (Wildman–Crippen MR) is 77.7 cm³/mol. The monoisotopic (exact) mass is 355 g/mol. The fourth-order valence-electron chi connectivity index (χ4n) is 1.53. The van der Waals surface area contributed by atoms with Gasteiger partial charge in [-0.2, -0.15) is 0 Å². The summed E-state index contributed by atoms with van der Waals surface area (Å²) in [5.41, 5.74) is 3.09. The van der Waals surface area contributed by atoms with E-state index < -0.39 is 0 Å². The zero-order chi connectivity index (χ0) is 11.5. The molecule has 0 bridgehead atoms. The topological polar surface area (TPSA) is 12.4 Å². The fraction of sp³-hybridized carbons (Fsp3) is 0. The number of rotatable bonds is 2. The lowest BCUT2D eigenvalue weighted by Crippen LogP contribution is -1.81. The van der Waals surface area contributed by atoms with Crippen molar-refractivity contribution in [1.82, 2.24) is 0 Å². The highest BCUT2D eigenvalue weighted by Crippen LogP contribution is 2.41. The first-order valence-corrected chi connectivity index (χ1v) is 6.68. The van der Waals surface area contributed by atoms with Gasteiger partial charge in [0.1, 0.15) is 0 Å². The van der Waals surface area contributed by atoms with E-state index >= 15 is 0 Å². The molecule has 16 heavy (non-hydrogen) atoms. The Morgan fingerprint density at radius 3 is 2.12 bits per heavy atom. The van der Waals surface area contributed by atoms with Crippen molar-refractivity contribution in [1.29, 1.82) is 0 Å². The lowest BCUT2D eigenvalue weighted by molar-refractivity contribution is 1.49. The summed E-state index contributed by atoms with van der Waals surface area (Å²) in [6, 6.07) is 14.1. The van der Waals surface area contributed by atoms with Gasteiger partial charge in [-0.25, -0.2) is 4.74 Å². The number of hydrogen-bond acceptors (Lipinski definition) is 1. The Kier molecular flexibility index (Phi) is 3.91. The van der Waals surface area contributed by atoms with E-state index in [4.69, 9.17) is 0 Å². The van der Waals surface area contributed by atoms with Gasteiger partial charge in [0.2, 0.25) is 0 Å². The molecule has 0 aromatic heterocycles. The van der Waals surface area contributed by atoms with Crippen molar-refractivity contribution >= 4 is 46.6 Å². The molecule has 0 aliphatic heterocycles. The van der Waals surface area contributed by atoms with Crippen LogP contribution in [-0.2, 0) is 0 Å². The molecule has 0 fully saturated rings. The normalized spacial score (nSPS) is 10.1. The molecule has 0 N–H and O–H groups in total. The molecular formula is C12H8Br2NP. The van der Waals surface area contributed by atoms with Crippen molar-refractivity contribution in [2.75, 3.05) is 0 Å². The van der Waals surface area contributed by atoms with Crippen molar-refractivity contribution in [3.8, 4) is 11.1 Å². The first kappa shape index (κ1) is 12.0. The summed E-state index contributed by atoms with van der Waals surface area (Å²) in [6.45, 7) is 0. The highest BCUT2D eigenvalue weighted by atomic mass is 79.9. The van der Waals surface area contributed by atoms with Crippen LogP contribution in [0.5, 0.6) is 0 Å². The van der Waals surface area contributed by atoms with Gasteiger partial charge in [-0.1, -0.05) is 46.3 Å². The van der Waals surface area contributed by atoms with Crippen molar-refractivity contribution < 1.29 is 0 Å². The SMILES string of the molecule is P=Nc1c(Br)ccc(Br)c1-c1ccccc1. The van der Waals surface area contributed by atoms with Crippen molar-refractivity contribution in [3.05, 3.63) is 51.4 Å². The van der Waals surface area contributed by atoms with Gasteiger partial charge >= 0.3 is 0 Å². The van der Waals surface area contributed by atoms with Crippen LogP contribution < -0.4 is 0 Å². The van der Waals surface area contributed by atoms with E-state index in [9.17, 15) is 0 Å². The predicted octanol–water partition coefficient (Wildman–Crippen LogP) is 5.84. The first-order valence-electron chi connectivity index (χ1n) is 4.65. The maximum absolute atomic E-state index is 4.14. The average Bonchev–Trinajstić information content (AvgIpc) is 2.33. The van der Waals surface area contributed by atoms with Gasteiger partial charge in [0, 0.05) is 14.5 Å². The first-order chi connectivity index (χ1) is 7.74. The van der Waals surface area contributed by atoms with Gasteiger partial charge in [-0.3, -0.25) is 0 Å². The van der Waals surface area contributed by atoms with E-state index in [2.05, 4.69) is 57.8 Å². The minimum absolute atomic E-state index is 0.886. The van der Waals surface area contributed by atoms with Crippen molar-refractivity contribution in [2.45, 2.75) is 0 Å². The van der Waals surface area contributed by atoms with Crippen LogP contribution in [0.1, 0.15) is 0 Å². The highest BCUT2D eigenvalue weighted by Gasteiger charge is 2.11. The lowest BCUT2D eigenvalue weighted by Gasteiger charge is -2.09. The maximum Gasteiger partial charge on any atom is 0.0903 e. The molecule has 0 unspecified atom stereocenters. The summed E-state index contributed by atoms with van der Waals surface area (Å²) in [5.74, 6) is 0. The van der Waals surface area contributed by atoms with Crippen molar-refractivity contribution in [3.63, 3.8) is 0 Å². The third-order valence-electron chi connectivity index (χ3n) is 2.25. The Labute approximate surface area is 113 Å². The number of benzene rings is 2. The molecule has 4 heteroatoms. The Morgan fingerprint density at radius 1 is 0.875 bits per heavy atom. The third kappa shape index (κ3) is 2.27. The summed E-state index contributed by atoms with van der Waals surface area (Å²) >= 11 is 7.05. The molecule has 0 saturated carbocycles. The number of nitrogens with zero attached hydrogens (tertiary/aromatic N) is 1. The molecule has 0 aliphatic carbocycles. The summed E-state index contributed by atoms with van der Waals surface area (Å²) in [5, 5.41) is 0.